The van der Waals surface area contributed by atoms with Gasteiger partial charge in [-0.3, -0.25) is 0 Å². The third-order valence-corrected chi connectivity index (χ3v) is 5.78. The van der Waals surface area contributed by atoms with E-state index in [1.165, 1.54) is 35.4 Å². The summed E-state index contributed by atoms with van der Waals surface area (Å²) in [4.78, 5) is 4.58. The van der Waals surface area contributed by atoms with Crippen LogP contribution in [0.4, 0.5) is 0 Å². The zero-order valence-electron chi connectivity index (χ0n) is 10.7. The second-order valence-electron chi connectivity index (χ2n) is 4.81. The molecule has 2 aromatic rings. The minimum absolute atomic E-state index is 0.408. The van der Waals surface area contributed by atoms with Crippen molar-refractivity contribution in [2.24, 2.45) is 0 Å². The molecule has 0 aromatic carbocycles. The van der Waals surface area contributed by atoms with Crippen molar-refractivity contribution in [2.75, 3.05) is 6.54 Å². The Morgan fingerprint density at radius 3 is 2.89 bits per heavy atom. The van der Waals surface area contributed by atoms with Gasteiger partial charge >= 0.3 is 0 Å². The number of aryl methyl sites for hydroxylation is 2. The normalized spacial score (nSPS) is 16.5. The molecular weight excluding hydrogens is 258 g/mol. The molecular formula is C15H19NS2. The molecule has 0 saturated heterocycles. The summed E-state index contributed by atoms with van der Waals surface area (Å²) in [6, 6.07) is 7.26. The van der Waals surface area contributed by atoms with Gasteiger partial charge in [-0.15, -0.1) is 22.7 Å². The van der Waals surface area contributed by atoms with E-state index in [1.54, 1.807) is 10.4 Å². The van der Waals surface area contributed by atoms with Crippen LogP contribution in [0.25, 0.3) is 0 Å². The number of fused-ring (bicyclic) bond motifs is 1. The standard InChI is InChI=1S/C15H19NS2/c1-2-16-15(13-8-5-9-17-13)14-10-11-6-3-4-7-12(11)18-14/h5,8-10,15-16H,2-4,6-7H2,1H3. The highest BCUT2D eigenvalue weighted by atomic mass is 32.1. The maximum absolute atomic E-state index is 3.63. The van der Waals surface area contributed by atoms with Gasteiger partial charge in [0.2, 0.25) is 0 Å². The van der Waals surface area contributed by atoms with Gasteiger partial charge in [-0.1, -0.05) is 13.0 Å². The molecule has 0 aliphatic heterocycles. The van der Waals surface area contributed by atoms with Gasteiger partial charge < -0.3 is 5.32 Å². The molecule has 96 valence electrons. The van der Waals surface area contributed by atoms with E-state index in [2.05, 4.69) is 35.8 Å². The molecule has 3 heteroatoms. The SMILES string of the molecule is CCNC(c1cccs1)c1cc2c(s1)CCCC2. The summed E-state index contributed by atoms with van der Waals surface area (Å²) in [5.74, 6) is 0. The highest BCUT2D eigenvalue weighted by molar-refractivity contribution is 7.13. The van der Waals surface area contributed by atoms with E-state index < -0.39 is 0 Å². The van der Waals surface area contributed by atoms with E-state index in [0.717, 1.165) is 6.54 Å². The Labute approximate surface area is 117 Å². The van der Waals surface area contributed by atoms with Crippen LogP contribution < -0.4 is 5.32 Å². The molecule has 1 nitrogen and oxygen atoms in total. The van der Waals surface area contributed by atoms with Crippen molar-refractivity contribution in [1.82, 2.24) is 5.32 Å². The first kappa shape index (κ1) is 12.4. The summed E-state index contributed by atoms with van der Waals surface area (Å²) in [6.07, 6.45) is 5.32. The number of hydrogen-bond donors (Lipinski definition) is 1. The van der Waals surface area contributed by atoms with Crippen LogP contribution in [-0.2, 0) is 12.8 Å². The van der Waals surface area contributed by atoms with Crippen molar-refractivity contribution in [2.45, 2.75) is 38.6 Å². The van der Waals surface area contributed by atoms with E-state index in [-0.39, 0.29) is 0 Å². The molecule has 0 amide bonds. The first-order valence-electron chi connectivity index (χ1n) is 6.76. The molecule has 18 heavy (non-hydrogen) atoms. The maximum Gasteiger partial charge on any atom is 0.0765 e. The van der Waals surface area contributed by atoms with Gasteiger partial charge in [0.15, 0.2) is 0 Å². The lowest BCUT2D eigenvalue weighted by Crippen LogP contribution is -2.20. The fraction of sp³-hybridized carbons (Fsp3) is 0.467. The maximum atomic E-state index is 3.63. The molecule has 1 unspecified atom stereocenters. The first-order valence-corrected chi connectivity index (χ1v) is 8.46. The van der Waals surface area contributed by atoms with Gasteiger partial charge in [0.25, 0.3) is 0 Å². The predicted octanol–water partition coefficient (Wildman–Crippen LogP) is 4.39. The monoisotopic (exact) mass is 277 g/mol. The van der Waals surface area contributed by atoms with Gasteiger partial charge in [-0.25, -0.2) is 0 Å². The third-order valence-electron chi connectivity index (χ3n) is 3.54. The summed E-state index contributed by atoms with van der Waals surface area (Å²) in [5.41, 5.74) is 1.61. The summed E-state index contributed by atoms with van der Waals surface area (Å²) in [6.45, 7) is 3.21. The molecule has 1 aliphatic carbocycles. The zero-order valence-corrected chi connectivity index (χ0v) is 12.4. The number of rotatable bonds is 4. The molecule has 0 radical (unpaired) electrons. The smallest absolute Gasteiger partial charge is 0.0765 e. The van der Waals surface area contributed by atoms with Gasteiger partial charge in [0, 0.05) is 14.6 Å². The number of hydrogen-bond acceptors (Lipinski definition) is 3. The van der Waals surface area contributed by atoms with Crippen LogP contribution >= 0.6 is 22.7 Å². The third kappa shape index (κ3) is 2.40. The Kier molecular flexibility index (Phi) is 3.83. The predicted molar refractivity (Wildman–Crippen MR) is 80.8 cm³/mol. The Balaban J connectivity index is 1.92. The first-order chi connectivity index (χ1) is 8.88. The largest absolute Gasteiger partial charge is 0.305 e. The summed E-state index contributed by atoms with van der Waals surface area (Å²) >= 11 is 3.88. The second-order valence-corrected chi connectivity index (χ2v) is 6.96. The Bertz CT molecular complexity index is 475. The topological polar surface area (TPSA) is 12.0 Å². The number of thiophene rings is 2. The molecule has 1 atom stereocenters. The molecule has 2 aromatic heterocycles. The molecule has 0 bridgehead atoms. The van der Waals surface area contributed by atoms with Crippen molar-refractivity contribution < 1.29 is 0 Å². The summed E-state index contributed by atoms with van der Waals surface area (Å²) < 4.78 is 0. The zero-order chi connectivity index (χ0) is 12.4. The molecule has 1 N–H and O–H groups in total. The minimum Gasteiger partial charge on any atom is -0.305 e. The summed E-state index contributed by atoms with van der Waals surface area (Å²) in [5, 5.41) is 5.81. The van der Waals surface area contributed by atoms with Crippen LogP contribution in [0.2, 0.25) is 0 Å². The van der Waals surface area contributed by atoms with E-state index in [9.17, 15) is 0 Å². The number of nitrogens with one attached hydrogen (secondary N) is 1. The molecule has 0 fully saturated rings. The lowest BCUT2D eigenvalue weighted by molar-refractivity contribution is 0.647. The van der Waals surface area contributed by atoms with Crippen molar-refractivity contribution in [3.05, 3.63) is 43.8 Å². The Morgan fingerprint density at radius 2 is 2.17 bits per heavy atom. The van der Waals surface area contributed by atoms with E-state index >= 15 is 0 Å². The van der Waals surface area contributed by atoms with Crippen LogP contribution in [-0.4, -0.2) is 6.54 Å². The van der Waals surface area contributed by atoms with Gasteiger partial charge in [0.05, 0.1) is 6.04 Å². The highest BCUT2D eigenvalue weighted by Gasteiger charge is 2.20. The average Bonchev–Trinajstić information content (AvgIpc) is 3.04. The van der Waals surface area contributed by atoms with E-state index in [0.29, 0.717) is 6.04 Å². The van der Waals surface area contributed by atoms with Crippen LogP contribution in [0.1, 0.15) is 46.0 Å². The lowest BCUT2D eigenvalue weighted by Gasteiger charge is -2.14. The quantitative estimate of drug-likeness (QED) is 0.874. The van der Waals surface area contributed by atoms with Crippen molar-refractivity contribution >= 4 is 22.7 Å². The molecule has 0 saturated carbocycles. The lowest BCUT2D eigenvalue weighted by atomic mass is 9.98. The van der Waals surface area contributed by atoms with Crippen LogP contribution in [0.3, 0.4) is 0 Å². The van der Waals surface area contributed by atoms with Gasteiger partial charge in [-0.2, -0.15) is 0 Å². The van der Waals surface area contributed by atoms with Crippen molar-refractivity contribution in [3.63, 3.8) is 0 Å². The average molecular weight is 277 g/mol. The fourth-order valence-corrected chi connectivity index (χ4v) is 4.90. The highest BCUT2D eigenvalue weighted by Crippen LogP contribution is 2.36. The molecule has 0 spiro atoms. The van der Waals surface area contributed by atoms with E-state index in [1.807, 2.05) is 22.7 Å². The van der Waals surface area contributed by atoms with Crippen LogP contribution in [0, 0.1) is 0 Å². The Hall–Kier alpha value is -0.640. The fourth-order valence-electron chi connectivity index (χ4n) is 2.66. The Morgan fingerprint density at radius 1 is 1.28 bits per heavy atom. The van der Waals surface area contributed by atoms with Gasteiger partial charge in [-0.05, 0) is 55.3 Å². The van der Waals surface area contributed by atoms with Crippen molar-refractivity contribution in [1.29, 1.82) is 0 Å². The van der Waals surface area contributed by atoms with Crippen LogP contribution in [0.15, 0.2) is 23.6 Å². The van der Waals surface area contributed by atoms with Crippen LogP contribution in [0.5, 0.6) is 0 Å². The molecule has 3 rings (SSSR count). The summed E-state index contributed by atoms with van der Waals surface area (Å²) in [7, 11) is 0. The molecule has 1 aliphatic rings. The van der Waals surface area contributed by atoms with Gasteiger partial charge in [0.1, 0.15) is 0 Å². The second kappa shape index (κ2) is 5.55. The minimum atomic E-state index is 0.408. The molecule has 2 heterocycles. The van der Waals surface area contributed by atoms with E-state index in [4.69, 9.17) is 0 Å². The van der Waals surface area contributed by atoms with Crippen molar-refractivity contribution in [3.8, 4) is 0 Å².